The van der Waals surface area contributed by atoms with Crippen LogP contribution >= 0.6 is 0 Å². The zero-order chi connectivity index (χ0) is 19.7. The third-order valence-corrected chi connectivity index (χ3v) is 7.97. The molecule has 0 radical (unpaired) electrons. The summed E-state index contributed by atoms with van der Waals surface area (Å²) in [5.41, 5.74) is -1.16. The van der Waals surface area contributed by atoms with Crippen LogP contribution in [0.3, 0.4) is 0 Å². The molecular formula is C17H26F2O6S. The monoisotopic (exact) mass is 396 g/mol. The maximum Gasteiger partial charge on any atom is 0.405 e. The van der Waals surface area contributed by atoms with Crippen LogP contribution in [0, 0.1) is 29.1 Å². The number of carbonyl (C=O) groups is 1. The second kappa shape index (κ2) is 5.85. The summed E-state index contributed by atoms with van der Waals surface area (Å²) in [6.07, 6.45) is 1.47. The van der Waals surface area contributed by atoms with Gasteiger partial charge in [0.25, 0.3) is 0 Å². The quantitative estimate of drug-likeness (QED) is 0.547. The summed E-state index contributed by atoms with van der Waals surface area (Å²) in [7, 11) is -5.67. The molecule has 0 amide bonds. The molecule has 0 heterocycles. The Balaban J connectivity index is 1.77. The van der Waals surface area contributed by atoms with Crippen molar-refractivity contribution in [3.63, 3.8) is 0 Å². The fraction of sp³-hybridized carbons (Fsp3) is 0.941. The van der Waals surface area contributed by atoms with Gasteiger partial charge in [-0.1, -0.05) is 0 Å². The molecule has 9 heteroatoms. The summed E-state index contributed by atoms with van der Waals surface area (Å²) in [5, 5.41) is 6.09. The molecule has 6 nitrogen and oxygen atoms in total. The van der Waals surface area contributed by atoms with Crippen molar-refractivity contribution in [2.75, 3.05) is 0 Å². The van der Waals surface area contributed by atoms with Crippen LogP contribution in [0.15, 0.2) is 0 Å². The van der Waals surface area contributed by atoms with Gasteiger partial charge in [-0.2, -0.15) is 17.2 Å². The van der Waals surface area contributed by atoms with Crippen molar-refractivity contribution < 1.29 is 36.4 Å². The highest BCUT2D eigenvalue weighted by molar-refractivity contribution is 7.86. The van der Waals surface area contributed by atoms with E-state index in [1.165, 1.54) is 0 Å². The molecule has 4 rings (SSSR count). The minimum Gasteiger partial charge on any atom is -0.455 e. The summed E-state index contributed by atoms with van der Waals surface area (Å²) in [6, 6.07) is 0. The first-order valence-electron chi connectivity index (χ1n) is 8.96. The van der Waals surface area contributed by atoms with Crippen molar-refractivity contribution >= 4 is 16.1 Å². The van der Waals surface area contributed by atoms with Crippen molar-refractivity contribution in [2.24, 2.45) is 29.1 Å². The molecule has 0 aromatic heterocycles. The normalized spacial score (nSPS) is 38.3. The van der Waals surface area contributed by atoms with Crippen molar-refractivity contribution in [3.05, 3.63) is 0 Å². The molecule has 4 saturated carbocycles. The predicted octanol–water partition coefficient (Wildman–Crippen LogP) is 2.61. The van der Waals surface area contributed by atoms with Crippen LogP contribution in [0.1, 0.15) is 52.9 Å². The molecule has 0 aliphatic heterocycles. The maximum absolute atomic E-state index is 13.7. The summed E-state index contributed by atoms with van der Waals surface area (Å²) < 4.78 is 62.5. The molecule has 3 atom stereocenters. The standard InChI is InChI=1S/C17H26F2O6S/c1-9(17(18,19)26(22,23)24)25-14(20)13-11-4-10-5-12(13)8-16(6-10,7-11)15(2,3)21/h9-13,21H,4-8H2,1-3H3,(H,22,23,24). The third kappa shape index (κ3) is 2.96. The average molecular weight is 396 g/mol. The lowest BCUT2D eigenvalue weighted by atomic mass is 9.43. The van der Waals surface area contributed by atoms with Gasteiger partial charge in [-0.15, -0.1) is 0 Å². The van der Waals surface area contributed by atoms with E-state index < -0.39 is 39.0 Å². The van der Waals surface area contributed by atoms with Gasteiger partial charge in [0.1, 0.15) is 0 Å². The van der Waals surface area contributed by atoms with Gasteiger partial charge in [-0.25, -0.2) is 0 Å². The predicted molar refractivity (Wildman–Crippen MR) is 87.8 cm³/mol. The fourth-order valence-electron chi connectivity index (χ4n) is 5.69. The van der Waals surface area contributed by atoms with Gasteiger partial charge in [0.05, 0.1) is 11.5 Å². The molecular weight excluding hydrogens is 370 g/mol. The Labute approximate surface area is 152 Å². The Morgan fingerprint density at radius 2 is 1.69 bits per heavy atom. The van der Waals surface area contributed by atoms with Crippen molar-refractivity contribution in [1.29, 1.82) is 0 Å². The summed E-state index contributed by atoms with van der Waals surface area (Å²) in [5.74, 6) is -1.12. The number of alkyl halides is 2. The molecule has 3 unspecified atom stereocenters. The van der Waals surface area contributed by atoms with Gasteiger partial charge < -0.3 is 9.84 Å². The number of ether oxygens (including phenoxy) is 1. The summed E-state index contributed by atoms with van der Waals surface area (Å²) >= 11 is 0. The van der Waals surface area contributed by atoms with Crippen molar-refractivity contribution in [3.8, 4) is 0 Å². The molecule has 4 fully saturated rings. The summed E-state index contributed by atoms with van der Waals surface area (Å²) in [4.78, 5) is 12.6. The number of hydrogen-bond donors (Lipinski definition) is 2. The molecule has 2 N–H and O–H groups in total. The number of halogens is 2. The Kier molecular flexibility index (Phi) is 4.49. The number of rotatable bonds is 5. The van der Waals surface area contributed by atoms with Gasteiger partial charge in [-0.3, -0.25) is 9.35 Å². The topological polar surface area (TPSA) is 101 Å². The number of carbonyl (C=O) groups excluding carboxylic acids is 1. The molecule has 0 aromatic carbocycles. The van der Waals surface area contributed by atoms with E-state index >= 15 is 0 Å². The zero-order valence-electron chi connectivity index (χ0n) is 15.1. The maximum atomic E-state index is 13.7. The first-order chi connectivity index (χ1) is 11.7. The highest BCUT2D eigenvalue weighted by Crippen LogP contribution is 2.65. The molecule has 4 aliphatic carbocycles. The number of esters is 1. The Bertz CT molecular complexity index is 683. The van der Waals surface area contributed by atoms with Crippen LogP contribution in [-0.2, 0) is 19.6 Å². The first kappa shape index (κ1) is 19.9. The van der Waals surface area contributed by atoms with E-state index in [1.807, 2.05) is 0 Å². The molecule has 4 bridgehead atoms. The van der Waals surface area contributed by atoms with Crippen LogP contribution < -0.4 is 0 Å². The second-order valence-corrected chi connectivity index (χ2v) is 10.4. The SMILES string of the molecule is CC(OC(=O)C1C2CC3CC1CC(C(C)(C)O)(C3)C2)C(F)(F)S(=O)(=O)O. The van der Waals surface area contributed by atoms with E-state index in [0.29, 0.717) is 18.8 Å². The van der Waals surface area contributed by atoms with Gasteiger partial charge >= 0.3 is 21.3 Å². The van der Waals surface area contributed by atoms with Gasteiger partial charge in [-0.05, 0) is 76.0 Å². The second-order valence-electron chi connectivity index (χ2n) is 8.95. The fourth-order valence-corrected chi connectivity index (χ4v) is 6.16. The van der Waals surface area contributed by atoms with E-state index in [4.69, 9.17) is 9.29 Å². The lowest BCUT2D eigenvalue weighted by Crippen LogP contribution is -2.60. The lowest BCUT2D eigenvalue weighted by Gasteiger charge is -2.62. The molecule has 0 aromatic rings. The van der Waals surface area contributed by atoms with E-state index in [9.17, 15) is 27.1 Å². The molecule has 0 spiro atoms. The Morgan fingerprint density at radius 3 is 2.12 bits per heavy atom. The van der Waals surface area contributed by atoms with Crippen LogP contribution in [0.25, 0.3) is 0 Å². The minimum atomic E-state index is -5.67. The smallest absolute Gasteiger partial charge is 0.405 e. The van der Waals surface area contributed by atoms with Crippen molar-refractivity contribution in [2.45, 2.75) is 69.8 Å². The highest BCUT2D eigenvalue weighted by atomic mass is 32.2. The molecule has 26 heavy (non-hydrogen) atoms. The minimum absolute atomic E-state index is 0.0632. The van der Waals surface area contributed by atoms with Crippen molar-refractivity contribution in [1.82, 2.24) is 0 Å². The largest absolute Gasteiger partial charge is 0.455 e. The molecule has 0 saturated heterocycles. The molecule has 150 valence electrons. The Hall–Kier alpha value is -0.800. The van der Waals surface area contributed by atoms with Gasteiger partial charge in [0, 0.05) is 0 Å². The number of hydrogen-bond acceptors (Lipinski definition) is 5. The van der Waals surface area contributed by atoms with Crippen LogP contribution in [0.4, 0.5) is 8.78 Å². The first-order valence-corrected chi connectivity index (χ1v) is 10.4. The molecule has 4 aliphatic rings. The average Bonchev–Trinajstić information content (AvgIpc) is 2.43. The Morgan fingerprint density at radius 1 is 1.19 bits per heavy atom. The van der Waals surface area contributed by atoms with Gasteiger partial charge in [0.15, 0.2) is 6.10 Å². The lowest BCUT2D eigenvalue weighted by molar-refractivity contribution is -0.203. The van der Waals surface area contributed by atoms with E-state index in [2.05, 4.69) is 0 Å². The number of aliphatic hydroxyl groups is 1. The summed E-state index contributed by atoms with van der Waals surface area (Å²) in [6.45, 7) is 4.32. The zero-order valence-corrected chi connectivity index (χ0v) is 15.9. The van der Waals surface area contributed by atoms with E-state index in [1.54, 1.807) is 13.8 Å². The van der Waals surface area contributed by atoms with Gasteiger partial charge in [0.2, 0.25) is 0 Å². The van der Waals surface area contributed by atoms with Crippen LogP contribution in [0.2, 0.25) is 0 Å². The van der Waals surface area contributed by atoms with Crippen LogP contribution in [-0.4, -0.2) is 41.0 Å². The highest BCUT2D eigenvalue weighted by Gasteiger charge is 2.62. The van der Waals surface area contributed by atoms with E-state index in [0.717, 1.165) is 26.2 Å². The van der Waals surface area contributed by atoms with Crippen LogP contribution in [0.5, 0.6) is 0 Å². The third-order valence-electron chi connectivity index (χ3n) is 6.95. The van der Waals surface area contributed by atoms with E-state index in [-0.39, 0.29) is 17.3 Å².